The zero-order chi connectivity index (χ0) is 15.0. The predicted octanol–water partition coefficient (Wildman–Crippen LogP) is 2.22. The van der Waals surface area contributed by atoms with Gasteiger partial charge in [0, 0.05) is 12.7 Å². The molecule has 0 atom stereocenters. The number of benzene rings is 1. The molecule has 0 spiro atoms. The first-order chi connectivity index (χ1) is 9.57. The third-order valence-corrected chi connectivity index (χ3v) is 2.72. The molecule has 1 aromatic rings. The second kappa shape index (κ2) is 8.11. The zero-order valence-corrected chi connectivity index (χ0v) is 10.9. The third-order valence-electron chi connectivity index (χ3n) is 2.72. The molecule has 1 rings (SSSR count). The van der Waals surface area contributed by atoms with Gasteiger partial charge in [0.1, 0.15) is 5.56 Å². The second-order valence-electron chi connectivity index (χ2n) is 4.20. The fourth-order valence-corrected chi connectivity index (χ4v) is 1.73. The van der Waals surface area contributed by atoms with Gasteiger partial charge in [0.15, 0.2) is 0 Å². The Morgan fingerprint density at radius 1 is 1.25 bits per heavy atom. The normalized spacial score (nSPS) is 10.2. The highest BCUT2D eigenvalue weighted by Crippen LogP contribution is 2.31. The SMILES string of the molecule is O=C(O)c1cccc([N+](=O)[O-])c1OCCCCCCO. The minimum atomic E-state index is -1.26. The monoisotopic (exact) mass is 283 g/mol. The summed E-state index contributed by atoms with van der Waals surface area (Å²) in [7, 11) is 0. The van der Waals surface area contributed by atoms with Gasteiger partial charge in [-0.25, -0.2) is 4.79 Å². The van der Waals surface area contributed by atoms with E-state index in [1.807, 2.05) is 0 Å². The number of unbranched alkanes of at least 4 members (excludes halogenated alkanes) is 3. The molecule has 1 aromatic carbocycles. The molecular formula is C13H17NO6. The lowest BCUT2D eigenvalue weighted by atomic mass is 10.1. The maximum Gasteiger partial charge on any atom is 0.339 e. The van der Waals surface area contributed by atoms with E-state index in [2.05, 4.69) is 0 Å². The van der Waals surface area contributed by atoms with Crippen molar-refractivity contribution in [1.82, 2.24) is 0 Å². The molecule has 0 heterocycles. The molecule has 7 nitrogen and oxygen atoms in total. The van der Waals surface area contributed by atoms with Crippen LogP contribution in [0.25, 0.3) is 0 Å². The number of aliphatic hydroxyl groups is 1. The Bertz CT molecular complexity index is 442. The van der Waals surface area contributed by atoms with E-state index < -0.39 is 10.9 Å². The van der Waals surface area contributed by atoms with E-state index in [0.717, 1.165) is 12.8 Å². The number of aliphatic hydroxyl groups excluding tert-OH is 1. The summed E-state index contributed by atoms with van der Waals surface area (Å²) >= 11 is 0. The molecular weight excluding hydrogens is 266 g/mol. The summed E-state index contributed by atoms with van der Waals surface area (Å²) in [5.74, 6) is -1.46. The summed E-state index contributed by atoms with van der Waals surface area (Å²) in [6, 6.07) is 3.81. The first-order valence-corrected chi connectivity index (χ1v) is 6.32. The zero-order valence-electron chi connectivity index (χ0n) is 10.9. The van der Waals surface area contributed by atoms with Crippen molar-refractivity contribution in [3.05, 3.63) is 33.9 Å². The number of nitrogens with zero attached hydrogens (tertiary/aromatic N) is 1. The number of hydrogen-bond donors (Lipinski definition) is 2. The van der Waals surface area contributed by atoms with Gasteiger partial charge in [-0.15, -0.1) is 0 Å². The number of carbonyl (C=O) groups is 1. The number of nitro benzene ring substituents is 1. The van der Waals surface area contributed by atoms with Gasteiger partial charge >= 0.3 is 11.7 Å². The van der Waals surface area contributed by atoms with Gasteiger partial charge in [0.05, 0.1) is 11.5 Å². The van der Waals surface area contributed by atoms with Crippen molar-refractivity contribution >= 4 is 11.7 Å². The summed E-state index contributed by atoms with van der Waals surface area (Å²) in [5, 5.41) is 28.5. The molecule has 0 aliphatic rings. The molecule has 0 fully saturated rings. The number of aromatic carboxylic acids is 1. The third kappa shape index (κ3) is 4.51. The van der Waals surface area contributed by atoms with Gasteiger partial charge in [-0.3, -0.25) is 10.1 Å². The van der Waals surface area contributed by atoms with Crippen LogP contribution in [0.2, 0.25) is 0 Å². The first-order valence-electron chi connectivity index (χ1n) is 6.32. The highest BCUT2D eigenvalue weighted by Gasteiger charge is 2.22. The van der Waals surface area contributed by atoms with Crippen molar-refractivity contribution in [2.24, 2.45) is 0 Å². The van der Waals surface area contributed by atoms with E-state index in [4.69, 9.17) is 14.9 Å². The number of nitro groups is 1. The van der Waals surface area contributed by atoms with Gasteiger partial charge in [-0.05, 0) is 25.3 Å². The minimum absolute atomic E-state index is 0.133. The molecule has 0 radical (unpaired) electrons. The Kier molecular flexibility index (Phi) is 6.45. The van der Waals surface area contributed by atoms with E-state index in [9.17, 15) is 14.9 Å². The van der Waals surface area contributed by atoms with Crippen LogP contribution >= 0.6 is 0 Å². The lowest BCUT2D eigenvalue weighted by Gasteiger charge is -2.09. The molecule has 0 saturated heterocycles. The molecule has 7 heteroatoms. The smallest absolute Gasteiger partial charge is 0.339 e. The number of hydrogen-bond acceptors (Lipinski definition) is 5. The summed E-state index contributed by atoms with van der Waals surface area (Å²) in [6.07, 6.45) is 2.99. The Morgan fingerprint density at radius 3 is 2.55 bits per heavy atom. The number of ether oxygens (including phenoxy) is 1. The van der Waals surface area contributed by atoms with Gasteiger partial charge in [0.2, 0.25) is 5.75 Å². The average Bonchev–Trinajstić information content (AvgIpc) is 2.42. The topological polar surface area (TPSA) is 110 Å². The van der Waals surface area contributed by atoms with E-state index in [1.165, 1.54) is 18.2 Å². The second-order valence-corrected chi connectivity index (χ2v) is 4.20. The fourth-order valence-electron chi connectivity index (χ4n) is 1.73. The van der Waals surface area contributed by atoms with E-state index in [1.54, 1.807) is 0 Å². The maximum absolute atomic E-state index is 11.0. The Labute approximate surface area is 116 Å². The molecule has 110 valence electrons. The summed E-state index contributed by atoms with van der Waals surface area (Å²) in [6.45, 7) is 0.338. The fraction of sp³-hybridized carbons (Fsp3) is 0.462. The molecule has 0 saturated carbocycles. The quantitative estimate of drug-likeness (QED) is 0.408. The van der Waals surface area contributed by atoms with Gasteiger partial charge < -0.3 is 14.9 Å². The molecule has 0 amide bonds. The minimum Gasteiger partial charge on any atom is -0.486 e. The van der Waals surface area contributed by atoms with E-state index in [0.29, 0.717) is 12.8 Å². The lowest BCUT2D eigenvalue weighted by molar-refractivity contribution is -0.385. The van der Waals surface area contributed by atoms with Crippen molar-refractivity contribution in [3.8, 4) is 5.75 Å². The highest BCUT2D eigenvalue weighted by atomic mass is 16.6. The molecule has 0 aliphatic heterocycles. The van der Waals surface area contributed by atoms with Gasteiger partial charge in [-0.1, -0.05) is 12.5 Å². The molecule has 0 bridgehead atoms. The van der Waals surface area contributed by atoms with Crippen LogP contribution < -0.4 is 4.74 Å². The first kappa shape index (κ1) is 15.9. The van der Waals surface area contributed by atoms with Crippen molar-refractivity contribution in [3.63, 3.8) is 0 Å². The predicted molar refractivity (Wildman–Crippen MR) is 71.1 cm³/mol. The van der Waals surface area contributed by atoms with Crippen LogP contribution in [-0.4, -0.2) is 34.3 Å². The number of rotatable bonds is 9. The molecule has 0 aliphatic carbocycles. The van der Waals surface area contributed by atoms with Gasteiger partial charge in [-0.2, -0.15) is 0 Å². The van der Waals surface area contributed by atoms with Crippen LogP contribution in [0, 0.1) is 10.1 Å². The largest absolute Gasteiger partial charge is 0.486 e. The van der Waals surface area contributed by atoms with Crippen LogP contribution in [0.15, 0.2) is 18.2 Å². The highest BCUT2D eigenvalue weighted by molar-refractivity contribution is 5.92. The Morgan fingerprint density at radius 2 is 1.95 bits per heavy atom. The summed E-state index contributed by atoms with van der Waals surface area (Å²) in [4.78, 5) is 21.3. The van der Waals surface area contributed by atoms with E-state index >= 15 is 0 Å². The maximum atomic E-state index is 11.0. The van der Waals surface area contributed by atoms with Crippen LogP contribution in [0.5, 0.6) is 5.75 Å². The van der Waals surface area contributed by atoms with Crippen molar-refractivity contribution < 1.29 is 24.7 Å². The molecule has 0 aromatic heterocycles. The van der Waals surface area contributed by atoms with Crippen LogP contribution in [0.3, 0.4) is 0 Å². The van der Waals surface area contributed by atoms with Crippen LogP contribution in [-0.2, 0) is 0 Å². The van der Waals surface area contributed by atoms with Crippen LogP contribution in [0.4, 0.5) is 5.69 Å². The lowest BCUT2D eigenvalue weighted by Crippen LogP contribution is -2.07. The standard InChI is InChI=1S/C13H17NO6/c15-8-3-1-2-4-9-20-12-10(13(16)17)6-5-7-11(12)14(18)19/h5-7,15H,1-4,8-9H2,(H,16,17). The van der Waals surface area contributed by atoms with E-state index in [-0.39, 0.29) is 30.2 Å². The number of carboxylic acid groups (broad SMARTS) is 1. The van der Waals surface area contributed by atoms with Gasteiger partial charge in [0.25, 0.3) is 0 Å². The molecule has 0 unspecified atom stereocenters. The summed E-state index contributed by atoms with van der Waals surface area (Å²) < 4.78 is 5.29. The number of carboxylic acids is 1. The van der Waals surface area contributed by atoms with Crippen molar-refractivity contribution in [2.45, 2.75) is 25.7 Å². The average molecular weight is 283 g/mol. The molecule has 2 N–H and O–H groups in total. The molecule has 20 heavy (non-hydrogen) atoms. The van der Waals surface area contributed by atoms with Crippen molar-refractivity contribution in [2.75, 3.05) is 13.2 Å². The number of para-hydroxylation sites is 1. The Balaban J connectivity index is 2.71. The van der Waals surface area contributed by atoms with Crippen LogP contribution in [0.1, 0.15) is 36.0 Å². The summed E-state index contributed by atoms with van der Waals surface area (Å²) in [5.41, 5.74) is -0.560. The Hall–Kier alpha value is -2.15. The van der Waals surface area contributed by atoms with Crippen molar-refractivity contribution in [1.29, 1.82) is 0 Å².